The van der Waals surface area contributed by atoms with Gasteiger partial charge < -0.3 is 35.4 Å². The van der Waals surface area contributed by atoms with Crippen molar-refractivity contribution >= 4 is 35.6 Å². The molecule has 4 N–H and O–H groups in total. The van der Waals surface area contributed by atoms with Crippen molar-refractivity contribution in [1.82, 2.24) is 20.9 Å². The number of Topliss-reactive ketones (excluding diaryl/α,β-unsaturated/α-hetero) is 2. The van der Waals surface area contributed by atoms with Gasteiger partial charge in [-0.25, -0.2) is 14.4 Å². The lowest BCUT2D eigenvalue weighted by atomic mass is 9.84. The van der Waals surface area contributed by atoms with E-state index >= 15 is 0 Å². The lowest BCUT2D eigenvalue weighted by Crippen LogP contribution is -2.52. The Balaban J connectivity index is 2.23. The zero-order valence-electron chi connectivity index (χ0n) is 26.2. The molecule has 1 heterocycles. The van der Waals surface area contributed by atoms with E-state index in [1.165, 1.54) is 6.92 Å². The van der Waals surface area contributed by atoms with Gasteiger partial charge in [-0.1, -0.05) is 46.2 Å². The van der Waals surface area contributed by atoms with E-state index < -0.39 is 47.8 Å². The number of benzene rings is 1. The highest BCUT2D eigenvalue weighted by molar-refractivity contribution is 5.94. The zero-order valence-corrected chi connectivity index (χ0v) is 26.2. The van der Waals surface area contributed by atoms with E-state index in [1.54, 1.807) is 29.2 Å². The van der Waals surface area contributed by atoms with E-state index in [-0.39, 0.29) is 43.4 Å². The molecule has 0 aliphatic carbocycles. The van der Waals surface area contributed by atoms with Crippen molar-refractivity contribution in [3.63, 3.8) is 0 Å². The number of aliphatic carboxylic acids is 1. The van der Waals surface area contributed by atoms with Crippen LogP contribution in [-0.2, 0) is 30.3 Å². The molecule has 4 amide bonds. The Morgan fingerprint density at radius 2 is 1.59 bits per heavy atom. The molecule has 244 valence electrons. The summed E-state index contributed by atoms with van der Waals surface area (Å²) in [5, 5.41) is 17.2. The monoisotopic (exact) mass is 618 g/mol. The summed E-state index contributed by atoms with van der Waals surface area (Å²) in [6, 6.07) is 3.39. The van der Waals surface area contributed by atoms with Gasteiger partial charge in [0, 0.05) is 25.4 Å². The molecule has 0 spiro atoms. The second kappa shape index (κ2) is 18.0. The van der Waals surface area contributed by atoms with Gasteiger partial charge in [0.1, 0.15) is 17.6 Å². The number of hydrogen-bond acceptors (Lipinski definition) is 8. The molecule has 1 aromatic carbocycles. The van der Waals surface area contributed by atoms with Crippen LogP contribution < -0.4 is 20.7 Å². The number of morpholine rings is 1. The summed E-state index contributed by atoms with van der Waals surface area (Å²) in [5.74, 6) is -2.92. The quantitative estimate of drug-likeness (QED) is 0.217. The van der Waals surface area contributed by atoms with Crippen molar-refractivity contribution in [2.45, 2.75) is 72.4 Å². The van der Waals surface area contributed by atoms with Crippen molar-refractivity contribution in [1.29, 1.82) is 0 Å². The highest BCUT2D eigenvalue weighted by atomic mass is 16.6. The summed E-state index contributed by atoms with van der Waals surface area (Å²) in [4.78, 5) is 76.6. The van der Waals surface area contributed by atoms with Crippen LogP contribution in [0, 0.1) is 17.8 Å². The van der Waals surface area contributed by atoms with Gasteiger partial charge in [0.2, 0.25) is 5.91 Å². The fourth-order valence-electron chi connectivity index (χ4n) is 4.68. The largest absolute Gasteiger partial charge is 0.480 e. The summed E-state index contributed by atoms with van der Waals surface area (Å²) >= 11 is 0. The topological polar surface area (TPSA) is 180 Å². The Morgan fingerprint density at radius 3 is 2.14 bits per heavy atom. The number of urea groups is 1. The fourth-order valence-corrected chi connectivity index (χ4v) is 4.68. The minimum Gasteiger partial charge on any atom is -0.480 e. The number of carboxylic acids is 1. The van der Waals surface area contributed by atoms with Crippen LogP contribution in [0.1, 0.15) is 59.4 Å². The van der Waals surface area contributed by atoms with E-state index in [2.05, 4.69) is 16.0 Å². The first kappa shape index (κ1) is 36.2. The first-order chi connectivity index (χ1) is 20.8. The Kier molecular flexibility index (Phi) is 14.8. The Bertz CT molecular complexity index is 1150. The first-order valence-electron chi connectivity index (χ1n) is 15.0. The molecule has 1 fully saturated rings. The molecular formula is C31H46N4O9. The van der Waals surface area contributed by atoms with Gasteiger partial charge in [-0.3, -0.25) is 14.4 Å². The number of carbonyl (C=O) groups is 6. The number of rotatable bonds is 16. The second-order valence-electron chi connectivity index (χ2n) is 11.6. The molecule has 44 heavy (non-hydrogen) atoms. The molecule has 1 aliphatic heterocycles. The highest BCUT2D eigenvalue weighted by Crippen LogP contribution is 2.22. The number of carbonyl (C=O) groups excluding carboxylic acids is 5. The number of amides is 4. The normalized spacial score (nSPS) is 15.8. The van der Waals surface area contributed by atoms with Crippen LogP contribution in [-0.4, -0.2) is 90.5 Å². The number of ether oxygens (including phenoxy) is 2. The standard InChI is InChI=1S/C31H46N4O9/c1-6-20(4)24(28(38)32-18-21(5)36)17-27(37)25(33-30(41)34-26(29(39)40)15-19(2)3)16-22-7-9-23(10-8-22)44-31(42)35-11-13-43-14-12-35/h7-10,19-20,24-26H,6,11-18H2,1-5H3,(H,32,38)(H,39,40)(H2,33,34,41). The SMILES string of the molecule is CCC(C)C(CC(=O)C(Cc1ccc(OC(=O)N2CCOCC2)cc1)NC(=O)NC(CC(C)C)C(=O)O)C(=O)NCC(C)=O. The van der Waals surface area contributed by atoms with Gasteiger partial charge in [0.15, 0.2) is 5.78 Å². The van der Waals surface area contributed by atoms with E-state index in [0.29, 0.717) is 44.0 Å². The molecule has 0 saturated carbocycles. The molecule has 1 aliphatic rings. The fraction of sp³-hybridized carbons (Fsp3) is 0.613. The van der Waals surface area contributed by atoms with Gasteiger partial charge in [0.25, 0.3) is 0 Å². The molecule has 4 unspecified atom stereocenters. The lowest BCUT2D eigenvalue weighted by Gasteiger charge is -2.26. The van der Waals surface area contributed by atoms with Gasteiger partial charge in [0.05, 0.1) is 25.8 Å². The van der Waals surface area contributed by atoms with Gasteiger partial charge in [-0.15, -0.1) is 0 Å². The maximum Gasteiger partial charge on any atom is 0.415 e. The minimum atomic E-state index is -1.20. The second-order valence-corrected chi connectivity index (χ2v) is 11.6. The third-order valence-electron chi connectivity index (χ3n) is 7.44. The number of hydrogen-bond donors (Lipinski definition) is 4. The smallest absolute Gasteiger partial charge is 0.415 e. The molecule has 2 rings (SSSR count). The third kappa shape index (κ3) is 12.3. The van der Waals surface area contributed by atoms with E-state index in [1.807, 2.05) is 27.7 Å². The highest BCUT2D eigenvalue weighted by Gasteiger charge is 2.32. The van der Waals surface area contributed by atoms with Crippen LogP contribution in [0.3, 0.4) is 0 Å². The number of ketones is 2. The Morgan fingerprint density at radius 1 is 0.977 bits per heavy atom. The van der Waals surface area contributed by atoms with E-state index in [0.717, 1.165) is 0 Å². The predicted molar refractivity (Wildman–Crippen MR) is 161 cm³/mol. The summed E-state index contributed by atoms with van der Waals surface area (Å²) < 4.78 is 10.7. The number of carboxylic acid groups (broad SMARTS) is 1. The molecule has 0 radical (unpaired) electrons. The van der Waals surface area contributed by atoms with Gasteiger partial charge >= 0.3 is 18.1 Å². The van der Waals surface area contributed by atoms with Crippen LogP contribution >= 0.6 is 0 Å². The van der Waals surface area contributed by atoms with E-state index in [4.69, 9.17) is 9.47 Å². The van der Waals surface area contributed by atoms with Crippen molar-refractivity contribution < 1.29 is 43.3 Å². The van der Waals surface area contributed by atoms with Crippen molar-refractivity contribution in [2.75, 3.05) is 32.8 Å². The first-order valence-corrected chi connectivity index (χ1v) is 15.0. The zero-order chi connectivity index (χ0) is 32.8. The molecule has 13 heteroatoms. The van der Waals surface area contributed by atoms with Crippen LogP contribution in [0.5, 0.6) is 5.75 Å². The number of nitrogens with zero attached hydrogens (tertiary/aromatic N) is 1. The van der Waals surface area contributed by atoms with Gasteiger partial charge in [-0.2, -0.15) is 0 Å². The van der Waals surface area contributed by atoms with Crippen LogP contribution in [0.15, 0.2) is 24.3 Å². The number of nitrogens with one attached hydrogen (secondary N) is 3. The summed E-state index contributed by atoms with van der Waals surface area (Å²) in [5.41, 5.74) is 0.632. The average molecular weight is 619 g/mol. The molecule has 0 aromatic heterocycles. The summed E-state index contributed by atoms with van der Waals surface area (Å²) in [6.45, 7) is 10.3. The minimum absolute atomic E-state index is 0.00510. The summed E-state index contributed by atoms with van der Waals surface area (Å²) in [7, 11) is 0. The lowest BCUT2D eigenvalue weighted by molar-refractivity contribution is -0.139. The van der Waals surface area contributed by atoms with Crippen molar-refractivity contribution in [2.24, 2.45) is 17.8 Å². The van der Waals surface area contributed by atoms with E-state index in [9.17, 15) is 33.9 Å². The molecule has 13 nitrogen and oxygen atoms in total. The molecule has 0 bridgehead atoms. The summed E-state index contributed by atoms with van der Waals surface area (Å²) in [6.07, 6.45) is 0.130. The maximum atomic E-state index is 13.7. The van der Waals surface area contributed by atoms with Crippen LogP contribution in [0.4, 0.5) is 9.59 Å². The predicted octanol–water partition coefficient (Wildman–Crippen LogP) is 2.55. The Labute approximate surface area is 258 Å². The van der Waals surface area contributed by atoms with Gasteiger partial charge in [-0.05, 0) is 49.3 Å². The molecule has 1 saturated heterocycles. The van der Waals surface area contributed by atoms with Crippen molar-refractivity contribution in [3.05, 3.63) is 29.8 Å². The molecular weight excluding hydrogens is 572 g/mol. The van der Waals surface area contributed by atoms with Crippen LogP contribution in [0.2, 0.25) is 0 Å². The van der Waals surface area contributed by atoms with Crippen molar-refractivity contribution in [3.8, 4) is 5.75 Å². The Hall–Kier alpha value is -4.00. The van der Waals surface area contributed by atoms with Crippen LogP contribution in [0.25, 0.3) is 0 Å². The third-order valence-corrected chi connectivity index (χ3v) is 7.44. The maximum absolute atomic E-state index is 13.7. The average Bonchev–Trinajstić information content (AvgIpc) is 2.98. The molecule has 1 aromatic rings. The molecule has 4 atom stereocenters.